The molecule has 1 rings (SSSR count). The number of methoxy groups -OCH3 is 1. The molecule has 0 saturated heterocycles. The van der Waals surface area contributed by atoms with Crippen LogP contribution in [0.1, 0.15) is 44.0 Å². The first kappa shape index (κ1) is 15.5. The van der Waals surface area contributed by atoms with Gasteiger partial charge in [-0.05, 0) is 38.0 Å². The van der Waals surface area contributed by atoms with Crippen LogP contribution in [0.4, 0.5) is 0 Å². The van der Waals surface area contributed by atoms with Gasteiger partial charge in [0.2, 0.25) is 0 Å². The topological polar surface area (TPSA) is 55.8 Å². The van der Waals surface area contributed by atoms with Crippen molar-refractivity contribution in [2.75, 3.05) is 13.7 Å². The lowest BCUT2D eigenvalue weighted by molar-refractivity contribution is -0.0119. The molecule has 1 aromatic rings. The molecule has 0 atom stereocenters. The van der Waals surface area contributed by atoms with Crippen LogP contribution in [-0.2, 0) is 0 Å². The Morgan fingerprint density at radius 1 is 1.26 bits per heavy atom. The van der Waals surface area contributed by atoms with Gasteiger partial charge >= 0.3 is 0 Å². The van der Waals surface area contributed by atoms with Crippen LogP contribution in [0, 0.1) is 0 Å². The lowest BCUT2D eigenvalue weighted by Crippen LogP contribution is -2.34. The van der Waals surface area contributed by atoms with Crippen molar-refractivity contribution in [2.45, 2.75) is 39.2 Å². The molecule has 0 bridgehead atoms. The first-order chi connectivity index (χ1) is 8.95. The molecular weight excluding hydrogens is 244 g/mol. The number of carbonyl (C=O) groups is 1. The SMILES string of the molecule is CCC(O)(CC)COc1ccc(C(C)=O)cc1OC. The first-order valence-electron chi connectivity index (χ1n) is 6.50. The molecule has 0 amide bonds. The molecular formula is C15H22O4. The zero-order valence-electron chi connectivity index (χ0n) is 12.0. The fourth-order valence-corrected chi connectivity index (χ4v) is 1.67. The van der Waals surface area contributed by atoms with Crippen molar-refractivity contribution in [3.63, 3.8) is 0 Å². The van der Waals surface area contributed by atoms with Gasteiger partial charge in [-0.1, -0.05) is 13.8 Å². The maximum atomic E-state index is 11.3. The van der Waals surface area contributed by atoms with E-state index in [-0.39, 0.29) is 12.4 Å². The number of rotatable bonds is 7. The fraction of sp³-hybridized carbons (Fsp3) is 0.533. The Morgan fingerprint density at radius 3 is 2.37 bits per heavy atom. The van der Waals surface area contributed by atoms with E-state index in [0.29, 0.717) is 29.9 Å². The van der Waals surface area contributed by atoms with Crippen molar-refractivity contribution in [3.8, 4) is 11.5 Å². The van der Waals surface area contributed by atoms with Gasteiger partial charge < -0.3 is 14.6 Å². The predicted molar refractivity (Wildman–Crippen MR) is 74.0 cm³/mol. The third kappa shape index (κ3) is 3.96. The lowest BCUT2D eigenvalue weighted by atomic mass is 9.99. The van der Waals surface area contributed by atoms with Crippen molar-refractivity contribution in [3.05, 3.63) is 23.8 Å². The summed E-state index contributed by atoms with van der Waals surface area (Å²) in [5.41, 5.74) is -0.255. The van der Waals surface area contributed by atoms with Gasteiger partial charge in [0.1, 0.15) is 6.61 Å². The molecule has 1 N–H and O–H groups in total. The van der Waals surface area contributed by atoms with Crippen molar-refractivity contribution >= 4 is 5.78 Å². The van der Waals surface area contributed by atoms with Crippen LogP contribution in [0.3, 0.4) is 0 Å². The molecule has 19 heavy (non-hydrogen) atoms. The molecule has 106 valence electrons. The van der Waals surface area contributed by atoms with E-state index in [1.54, 1.807) is 18.2 Å². The van der Waals surface area contributed by atoms with Crippen molar-refractivity contribution < 1.29 is 19.4 Å². The number of ketones is 1. The number of benzene rings is 1. The van der Waals surface area contributed by atoms with Crippen LogP contribution < -0.4 is 9.47 Å². The average molecular weight is 266 g/mol. The van der Waals surface area contributed by atoms with E-state index in [1.807, 2.05) is 13.8 Å². The van der Waals surface area contributed by atoms with Gasteiger partial charge in [-0.15, -0.1) is 0 Å². The maximum Gasteiger partial charge on any atom is 0.161 e. The molecule has 0 aromatic heterocycles. The Hall–Kier alpha value is -1.55. The Bertz CT molecular complexity index is 436. The smallest absolute Gasteiger partial charge is 0.161 e. The molecule has 0 fully saturated rings. The number of aliphatic hydroxyl groups is 1. The minimum Gasteiger partial charge on any atom is -0.493 e. The molecule has 0 heterocycles. The van der Waals surface area contributed by atoms with Gasteiger partial charge in [-0.3, -0.25) is 4.79 Å². The number of Topliss-reactive ketones (excluding diaryl/α,β-unsaturated/α-hetero) is 1. The van der Waals surface area contributed by atoms with Gasteiger partial charge in [0, 0.05) is 5.56 Å². The molecule has 4 heteroatoms. The molecule has 0 unspecified atom stereocenters. The summed E-state index contributed by atoms with van der Waals surface area (Å²) < 4.78 is 10.8. The molecule has 4 nitrogen and oxygen atoms in total. The summed E-state index contributed by atoms with van der Waals surface area (Å²) >= 11 is 0. The summed E-state index contributed by atoms with van der Waals surface area (Å²) in [5, 5.41) is 10.2. The number of hydrogen-bond acceptors (Lipinski definition) is 4. The van der Waals surface area contributed by atoms with E-state index >= 15 is 0 Å². The summed E-state index contributed by atoms with van der Waals surface area (Å²) in [6.45, 7) is 5.55. The van der Waals surface area contributed by atoms with Crippen LogP contribution in [0.5, 0.6) is 11.5 Å². The van der Waals surface area contributed by atoms with E-state index in [1.165, 1.54) is 14.0 Å². The normalized spacial score (nSPS) is 11.2. The summed E-state index contributed by atoms with van der Waals surface area (Å²) in [6.07, 6.45) is 1.24. The second-order valence-electron chi connectivity index (χ2n) is 4.64. The molecule has 1 aromatic carbocycles. The Kier molecular flexibility index (Phi) is 5.36. The minimum absolute atomic E-state index is 0.0246. The zero-order valence-corrected chi connectivity index (χ0v) is 12.0. The van der Waals surface area contributed by atoms with Crippen LogP contribution in [0.25, 0.3) is 0 Å². The summed E-state index contributed by atoms with van der Waals surface area (Å²) in [4.78, 5) is 11.3. The molecule has 0 aliphatic rings. The minimum atomic E-state index is -0.829. The Labute approximate surface area is 114 Å². The molecule has 0 spiro atoms. The summed E-state index contributed by atoms with van der Waals surface area (Å²) in [6, 6.07) is 5.03. The maximum absolute atomic E-state index is 11.3. The molecule has 0 aliphatic heterocycles. The summed E-state index contributed by atoms with van der Waals surface area (Å²) in [5.74, 6) is 1.01. The third-order valence-corrected chi connectivity index (χ3v) is 3.38. The average Bonchev–Trinajstić information content (AvgIpc) is 2.44. The number of ether oxygens (including phenoxy) is 2. The van der Waals surface area contributed by atoms with Crippen LogP contribution in [0.15, 0.2) is 18.2 Å². The number of hydrogen-bond donors (Lipinski definition) is 1. The second kappa shape index (κ2) is 6.57. The van der Waals surface area contributed by atoms with Crippen LogP contribution in [0.2, 0.25) is 0 Å². The first-order valence-corrected chi connectivity index (χ1v) is 6.50. The Morgan fingerprint density at radius 2 is 1.89 bits per heavy atom. The second-order valence-corrected chi connectivity index (χ2v) is 4.64. The van der Waals surface area contributed by atoms with Crippen molar-refractivity contribution in [2.24, 2.45) is 0 Å². The van der Waals surface area contributed by atoms with Crippen molar-refractivity contribution in [1.82, 2.24) is 0 Å². The fourth-order valence-electron chi connectivity index (χ4n) is 1.67. The van der Waals surface area contributed by atoms with Crippen LogP contribution in [-0.4, -0.2) is 30.2 Å². The molecule has 0 radical (unpaired) electrons. The monoisotopic (exact) mass is 266 g/mol. The Balaban J connectivity index is 2.87. The zero-order chi connectivity index (χ0) is 14.5. The predicted octanol–water partition coefficient (Wildman–Crippen LogP) is 2.83. The highest BCUT2D eigenvalue weighted by Gasteiger charge is 2.23. The standard InChI is InChI=1S/C15H22O4/c1-5-15(17,6-2)10-19-13-8-7-12(11(3)16)9-14(13)18-4/h7-9,17H,5-6,10H2,1-4H3. The van der Waals surface area contributed by atoms with E-state index in [4.69, 9.17) is 9.47 Å². The van der Waals surface area contributed by atoms with E-state index in [2.05, 4.69) is 0 Å². The van der Waals surface area contributed by atoms with Gasteiger partial charge in [-0.25, -0.2) is 0 Å². The largest absolute Gasteiger partial charge is 0.493 e. The van der Waals surface area contributed by atoms with Gasteiger partial charge in [0.25, 0.3) is 0 Å². The highest BCUT2D eigenvalue weighted by Crippen LogP contribution is 2.29. The van der Waals surface area contributed by atoms with Crippen LogP contribution >= 0.6 is 0 Å². The van der Waals surface area contributed by atoms with Gasteiger partial charge in [-0.2, -0.15) is 0 Å². The van der Waals surface area contributed by atoms with Crippen molar-refractivity contribution in [1.29, 1.82) is 0 Å². The summed E-state index contributed by atoms with van der Waals surface area (Å²) in [7, 11) is 1.53. The van der Waals surface area contributed by atoms with E-state index in [9.17, 15) is 9.90 Å². The third-order valence-electron chi connectivity index (χ3n) is 3.38. The van der Waals surface area contributed by atoms with Gasteiger partial charge in [0.05, 0.1) is 12.7 Å². The highest BCUT2D eigenvalue weighted by atomic mass is 16.5. The quantitative estimate of drug-likeness (QED) is 0.771. The van der Waals surface area contributed by atoms with E-state index < -0.39 is 5.60 Å². The molecule has 0 aliphatic carbocycles. The lowest BCUT2D eigenvalue weighted by Gasteiger charge is -2.25. The number of carbonyl (C=O) groups excluding carboxylic acids is 1. The molecule has 0 saturated carbocycles. The van der Waals surface area contributed by atoms with Gasteiger partial charge in [0.15, 0.2) is 17.3 Å². The highest BCUT2D eigenvalue weighted by molar-refractivity contribution is 5.94. The van der Waals surface area contributed by atoms with E-state index in [0.717, 1.165) is 0 Å².